The Morgan fingerprint density at radius 1 is 1.14 bits per heavy atom. The first kappa shape index (κ1) is 21.2. The van der Waals surface area contributed by atoms with Crippen LogP contribution in [0.3, 0.4) is 0 Å². The number of carbonyl (C=O) groups excluding carboxylic acids is 1. The van der Waals surface area contributed by atoms with Crippen molar-refractivity contribution in [3.63, 3.8) is 0 Å². The van der Waals surface area contributed by atoms with Gasteiger partial charge in [0.2, 0.25) is 10.0 Å². The molecule has 7 heteroatoms. The summed E-state index contributed by atoms with van der Waals surface area (Å²) in [5.74, 6) is 0.503. The molecule has 0 aromatic heterocycles. The van der Waals surface area contributed by atoms with Gasteiger partial charge in [0, 0.05) is 13.1 Å². The van der Waals surface area contributed by atoms with Gasteiger partial charge in [0.15, 0.2) is 6.10 Å². The summed E-state index contributed by atoms with van der Waals surface area (Å²) < 4.78 is 32.5. The van der Waals surface area contributed by atoms with Crippen LogP contribution in [0.15, 0.2) is 48.5 Å². The number of rotatable bonds is 8. The molecule has 1 amide bonds. The SMILES string of the molecule is CC(Oc1cccc(C(C)C)c1)C(=O)NCCS(=O)(=O)N1CCc2ccccc21. The Balaban J connectivity index is 1.52. The quantitative estimate of drug-likeness (QED) is 0.718. The van der Waals surface area contributed by atoms with E-state index in [1.807, 2.05) is 48.5 Å². The Kier molecular flexibility index (Phi) is 6.47. The molecule has 0 radical (unpaired) electrons. The van der Waals surface area contributed by atoms with Crippen LogP contribution in [-0.2, 0) is 21.2 Å². The first-order chi connectivity index (χ1) is 13.8. The average molecular weight is 417 g/mol. The number of carbonyl (C=O) groups is 1. The lowest BCUT2D eigenvalue weighted by Crippen LogP contribution is -2.41. The van der Waals surface area contributed by atoms with Crippen LogP contribution in [0.25, 0.3) is 0 Å². The molecule has 1 atom stereocenters. The van der Waals surface area contributed by atoms with Crippen molar-refractivity contribution in [3.8, 4) is 5.75 Å². The van der Waals surface area contributed by atoms with E-state index < -0.39 is 16.1 Å². The van der Waals surface area contributed by atoms with Crippen LogP contribution in [0.5, 0.6) is 5.75 Å². The summed E-state index contributed by atoms with van der Waals surface area (Å²) in [6.45, 7) is 6.33. The first-order valence-electron chi connectivity index (χ1n) is 9.90. The van der Waals surface area contributed by atoms with Crippen LogP contribution in [0.1, 0.15) is 37.8 Å². The molecule has 0 saturated carbocycles. The molecular weight excluding hydrogens is 388 g/mol. The number of anilines is 1. The van der Waals surface area contributed by atoms with Crippen LogP contribution in [0.2, 0.25) is 0 Å². The Morgan fingerprint density at radius 2 is 1.90 bits per heavy atom. The van der Waals surface area contributed by atoms with E-state index in [-0.39, 0.29) is 18.2 Å². The highest BCUT2D eigenvalue weighted by Crippen LogP contribution is 2.29. The number of nitrogens with one attached hydrogen (secondary N) is 1. The van der Waals surface area contributed by atoms with Crippen LogP contribution in [0, 0.1) is 0 Å². The molecule has 0 bridgehead atoms. The normalized spacial score (nSPS) is 14.6. The molecule has 1 unspecified atom stereocenters. The molecule has 6 nitrogen and oxygen atoms in total. The molecule has 1 heterocycles. The van der Waals surface area contributed by atoms with Gasteiger partial charge in [-0.25, -0.2) is 8.42 Å². The van der Waals surface area contributed by atoms with Gasteiger partial charge in [-0.3, -0.25) is 9.10 Å². The van der Waals surface area contributed by atoms with E-state index in [1.165, 1.54) is 4.31 Å². The second-order valence-electron chi connectivity index (χ2n) is 7.55. The minimum Gasteiger partial charge on any atom is -0.481 e. The van der Waals surface area contributed by atoms with Crippen molar-refractivity contribution >= 4 is 21.6 Å². The van der Waals surface area contributed by atoms with Gasteiger partial charge < -0.3 is 10.1 Å². The Labute approximate surface area is 172 Å². The molecule has 0 aliphatic carbocycles. The predicted molar refractivity (Wildman–Crippen MR) is 115 cm³/mol. The third-order valence-electron chi connectivity index (χ3n) is 5.05. The van der Waals surface area contributed by atoms with Gasteiger partial charge in [-0.15, -0.1) is 0 Å². The lowest BCUT2D eigenvalue weighted by Gasteiger charge is -2.20. The van der Waals surface area contributed by atoms with E-state index in [1.54, 1.807) is 6.92 Å². The third kappa shape index (κ3) is 5.09. The van der Waals surface area contributed by atoms with Crippen LogP contribution < -0.4 is 14.4 Å². The summed E-state index contributed by atoms with van der Waals surface area (Å²) in [4.78, 5) is 12.3. The van der Waals surface area contributed by atoms with Crippen molar-refractivity contribution in [2.45, 2.75) is 39.2 Å². The van der Waals surface area contributed by atoms with Crippen molar-refractivity contribution in [2.24, 2.45) is 0 Å². The van der Waals surface area contributed by atoms with Gasteiger partial charge in [-0.05, 0) is 48.6 Å². The van der Waals surface area contributed by atoms with E-state index in [9.17, 15) is 13.2 Å². The standard InChI is InChI=1S/C22H28N2O4S/c1-16(2)19-8-6-9-20(15-19)28-17(3)22(25)23-12-14-29(26,27)24-13-11-18-7-4-5-10-21(18)24/h4-10,15-17H,11-14H2,1-3H3,(H,23,25). The highest BCUT2D eigenvalue weighted by Gasteiger charge is 2.29. The Bertz CT molecular complexity index is 972. The molecule has 2 aromatic rings. The number of para-hydroxylation sites is 1. The number of amides is 1. The van der Waals surface area contributed by atoms with Gasteiger partial charge in [-0.1, -0.05) is 44.2 Å². The summed E-state index contributed by atoms with van der Waals surface area (Å²) in [6.07, 6.45) is -0.00476. The number of hydrogen-bond acceptors (Lipinski definition) is 4. The van der Waals surface area contributed by atoms with Crippen molar-refractivity contribution in [1.29, 1.82) is 0 Å². The smallest absolute Gasteiger partial charge is 0.260 e. The summed E-state index contributed by atoms with van der Waals surface area (Å²) in [5.41, 5.74) is 2.90. The van der Waals surface area contributed by atoms with Crippen molar-refractivity contribution in [2.75, 3.05) is 23.1 Å². The van der Waals surface area contributed by atoms with Crippen molar-refractivity contribution in [3.05, 3.63) is 59.7 Å². The fourth-order valence-corrected chi connectivity index (χ4v) is 4.79. The number of fused-ring (bicyclic) bond motifs is 1. The fraction of sp³-hybridized carbons (Fsp3) is 0.409. The lowest BCUT2D eigenvalue weighted by atomic mass is 10.0. The zero-order valence-corrected chi connectivity index (χ0v) is 17.9. The maximum Gasteiger partial charge on any atom is 0.260 e. The molecule has 0 saturated heterocycles. The zero-order valence-electron chi connectivity index (χ0n) is 17.1. The fourth-order valence-electron chi connectivity index (χ4n) is 3.36. The molecule has 1 N–H and O–H groups in total. The summed E-state index contributed by atoms with van der Waals surface area (Å²) in [5, 5.41) is 2.67. The maximum atomic E-state index is 12.7. The first-order valence-corrected chi connectivity index (χ1v) is 11.5. The van der Waals surface area contributed by atoms with Gasteiger partial charge >= 0.3 is 0 Å². The third-order valence-corrected chi connectivity index (χ3v) is 6.82. The topological polar surface area (TPSA) is 75.7 Å². The molecule has 0 spiro atoms. The summed E-state index contributed by atoms with van der Waals surface area (Å²) in [6, 6.07) is 15.2. The zero-order chi connectivity index (χ0) is 21.0. The molecule has 3 rings (SSSR count). The number of ether oxygens (including phenoxy) is 1. The van der Waals surface area contributed by atoms with E-state index in [0.717, 1.165) is 16.8 Å². The second kappa shape index (κ2) is 8.86. The number of hydrogen-bond donors (Lipinski definition) is 1. The molecular formula is C22H28N2O4S. The largest absolute Gasteiger partial charge is 0.481 e. The Hall–Kier alpha value is -2.54. The summed E-state index contributed by atoms with van der Waals surface area (Å²) in [7, 11) is -3.49. The number of nitrogens with zero attached hydrogens (tertiary/aromatic N) is 1. The Morgan fingerprint density at radius 3 is 2.66 bits per heavy atom. The van der Waals surface area contributed by atoms with E-state index >= 15 is 0 Å². The monoisotopic (exact) mass is 416 g/mol. The lowest BCUT2D eigenvalue weighted by molar-refractivity contribution is -0.127. The molecule has 2 aromatic carbocycles. The van der Waals surface area contributed by atoms with E-state index in [2.05, 4.69) is 19.2 Å². The molecule has 0 fully saturated rings. The van der Waals surface area contributed by atoms with Crippen LogP contribution >= 0.6 is 0 Å². The van der Waals surface area contributed by atoms with Crippen molar-refractivity contribution < 1.29 is 17.9 Å². The van der Waals surface area contributed by atoms with Crippen LogP contribution in [0.4, 0.5) is 5.69 Å². The predicted octanol–water partition coefficient (Wildman–Crippen LogP) is 3.09. The second-order valence-corrected chi connectivity index (χ2v) is 9.56. The molecule has 1 aliphatic rings. The highest BCUT2D eigenvalue weighted by molar-refractivity contribution is 7.92. The molecule has 1 aliphatic heterocycles. The van der Waals surface area contributed by atoms with Gasteiger partial charge in [0.05, 0.1) is 11.4 Å². The summed E-state index contributed by atoms with van der Waals surface area (Å²) >= 11 is 0. The highest BCUT2D eigenvalue weighted by atomic mass is 32.2. The minimum atomic E-state index is -3.49. The van der Waals surface area contributed by atoms with E-state index in [4.69, 9.17) is 4.74 Å². The van der Waals surface area contributed by atoms with Crippen LogP contribution in [-0.4, -0.2) is 39.3 Å². The average Bonchev–Trinajstić information content (AvgIpc) is 3.13. The molecule has 29 heavy (non-hydrogen) atoms. The van der Waals surface area contributed by atoms with E-state index in [0.29, 0.717) is 24.6 Å². The van der Waals surface area contributed by atoms with Gasteiger partial charge in [-0.2, -0.15) is 0 Å². The number of sulfonamides is 1. The van der Waals surface area contributed by atoms with Gasteiger partial charge in [0.1, 0.15) is 5.75 Å². The minimum absolute atomic E-state index is 0.0412. The van der Waals surface area contributed by atoms with Gasteiger partial charge in [0.25, 0.3) is 5.91 Å². The maximum absolute atomic E-state index is 12.7. The van der Waals surface area contributed by atoms with Crippen molar-refractivity contribution in [1.82, 2.24) is 5.32 Å². The molecule has 156 valence electrons. The number of benzene rings is 2.